The number of carbonyl (C=O) groups excluding carboxylic acids is 1. The molecule has 20 heavy (non-hydrogen) atoms. The van der Waals surface area contributed by atoms with Crippen LogP contribution in [0.5, 0.6) is 0 Å². The van der Waals surface area contributed by atoms with E-state index >= 15 is 0 Å². The van der Waals surface area contributed by atoms with Crippen molar-refractivity contribution in [3.05, 3.63) is 34.1 Å². The van der Waals surface area contributed by atoms with Crippen LogP contribution >= 0.6 is 15.9 Å². The molecule has 0 heterocycles. The Hall–Kier alpha value is -1.43. The summed E-state index contributed by atoms with van der Waals surface area (Å²) in [5.41, 5.74) is -1.20. The normalized spacial score (nSPS) is 13.7. The zero-order valence-electron chi connectivity index (χ0n) is 11.6. The Morgan fingerprint density at radius 3 is 2.45 bits per heavy atom. The highest BCUT2D eigenvalue weighted by molar-refractivity contribution is 9.10. The first-order valence-corrected chi connectivity index (χ1v) is 7.01. The maximum atomic E-state index is 13.2. The summed E-state index contributed by atoms with van der Waals surface area (Å²) in [6.45, 7) is 4.94. The van der Waals surface area contributed by atoms with E-state index in [4.69, 9.17) is 0 Å². The minimum Gasteiger partial charge on any atom is -0.479 e. The minimum absolute atomic E-state index is 0.307. The number of rotatable bonds is 5. The van der Waals surface area contributed by atoms with Crippen LogP contribution in [-0.2, 0) is 15.1 Å². The van der Waals surface area contributed by atoms with Gasteiger partial charge in [-0.25, -0.2) is 9.18 Å². The topological polar surface area (TPSA) is 57.6 Å². The van der Waals surface area contributed by atoms with Crippen molar-refractivity contribution in [3.63, 3.8) is 0 Å². The van der Waals surface area contributed by atoms with Gasteiger partial charge in [-0.05, 0) is 25.5 Å². The molecule has 0 aliphatic heterocycles. The summed E-state index contributed by atoms with van der Waals surface area (Å²) < 4.78 is 13.5. The van der Waals surface area contributed by atoms with E-state index in [-0.39, 0.29) is 5.91 Å². The number of carboxylic acids is 1. The first-order chi connectivity index (χ1) is 9.25. The van der Waals surface area contributed by atoms with Gasteiger partial charge in [0.2, 0.25) is 5.91 Å². The molecule has 1 amide bonds. The molecular formula is C14H17BrFNO3. The number of nitrogens with zero attached hydrogens (tertiary/aromatic N) is 1. The van der Waals surface area contributed by atoms with Crippen molar-refractivity contribution in [1.82, 2.24) is 4.90 Å². The van der Waals surface area contributed by atoms with Gasteiger partial charge in [-0.2, -0.15) is 0 Å². The molecule has 0 aromatic heterocycles. The van der Waals surface area contributed by atoms with E-state index in [0.717, 1.165) is 0 Å². The van der Waals surface area contributed by atoms with E-state index in [0.29, 0.717) is 23.0 Å². The fourth-order valence-corrected chi connectivity index (χ4v) is 2.92. The fourth-order valence-electron chi connectivity index (χ4n) is 2.18. The van der Waals surface area contributed by atoms with Crippen LogP contribution < -0.4 is 0 Å². The summed E-state index contributed by atoms with van der Waals surface area (Å²) in [4.78, 5) is 24.9. The van der Waals surface area contributed by atoms with Crippen LogP contribution in [-0.4, -0.2) is 28.4 Å². The van der Waals surface area contributed by atoms with Gasteiger partial charge in [-0.15, -0.1) is 0 Å². The van der Waals surface area contributed by atoms with Crippen LogP contribution in [0.4, 0.5) is 4.39 Å². The van der Waals surface area contributed by atoms with E-state index in [9.17, 15) is 19.1 Å². The van der Waals surface area contributed by atoms with Gasteiger partial charge in [0.25, 0.3) is 0 Å². The first kappa shape index (κ1) is 16.6. The van der Waals surface area contributed by atoms with Gasteiger partial charge < -0.3 is 10.0 Å². The quantitative estimate of drug-likeness (QED) is 0.891. The summed E-state index contributed by atoms with van der Waals surface area (Å²) in [6, 6.07) is 3.77. The number of amides is 1. The lowest BCUT2D eigenvalue weighted by Crippen LogP contribution is -2.52. The Morgan fingerprint density at radius 2 is 2.05 bits per heavy atom. The Morgan fingerprint density at radius 1 is 1.45 bits per heavy atom. The van der Waals surface area contributed by atoms with Crippen LogP contribution in [0.25, 0.3) is 0 Å². The lowest BCUT2D eigenvalue weighted by Gasteiger charge is -2.38. The molecule has 0 aliphatic rings. The van der Waals surface area contributed by atoms with Gasteiger partial charge in [0.15, 0.2) is 5.54 Å². The van der Waals surface area contributed by atoms with E-state index in [1.165, 1.54) is 36.9 Å². The van der Waals surface area contributed by atoms with Gasteiger partial charge in [-0.1, -0.05) is 28.9 Å². The average Bonchev–Trinajstić information content (AvgIpc) is 2.34. The molecule has 0 bridgehead atoms. The number of carboxylic acid groups (broad SMARTS) is 1. The minimum atomic E-state index is -1.55. The van der Waals surface area contributed by atoms with Crippen LogP contribution in [0.3, 0.4) is 0 Å². The second-order valence-electron chi connectivity index (χ2n) is 4.67. The Labute approximate surface area is 125 Å². The standard InChI is InChI=1S/C14H17BrFNO3/c1-4-7-17(9(2)18)14(3,13(19)20)11-6-5-10(16)8-12(11)15/h5-6,8H,4,7H2,1-3H3,(H,19,20). The molecule has 0 fully saturated rings. The van der Waals surface area contributed by atoms with Gasteiger partial charge >= 0.3 is 5.97 Å². The zero-order chi connectivity index (χ0) is 15.5. The number of aliphatic carboxylic acids is 1. The predicted octanol–water partition coefficient (Wildman–Crippen LogP) is 3.15. The Bertz CT molecular complexity index is 535. The second kappa shape index (κ2) is 6.35. The lowest BCUT2D eigenvalue weighted by molar-refractivity contribution is -0.158. The maximum absolute atomic E-state index is 13.2. The van der Waals surface area contributed by atoms with Gasteiger partial charge in [0.05, 0.1) is 0 Å². The van der Waals surface area contributed by atoms with Crippen molar-refractivity contribution < 1.29 is 19.1 Å². The molecule has 1 unspecified atom stereocenters. The largest absolute Gasteiger partial charge is 0.479 e. The third kappa shape index (κ3) is 3.00. The zero-order valence-corrected chi connectivity index (χ0v) is 13.2. The molecule has 110 valence electrons. The third-order valence-electron chi connectivity index (χ3n) is 3.24. The van der Waals surface area contributed by atoms with Crippen LogP contribution in [0.2, 0.25) is 0 Å². The summed E-state index contributed by atoms with van der Waals surface area (Å²) in [7, 11) is 0. The van der Waals surface area contributed by atoms with Crippen LogP contribution in [0.1, 0.15) is 32.8 Å². The highest BCUT2D eigenvalue weighted by atomic mass is 79.9. The summed E-state index contributed by atoms with van der Waals surface area (Å²) in [6.07, 6.45) is 0.626. The van der Waals surface area contributed by atoms with Crippen molar-refractivity contribution in [1.29, 1.82) is 0 Å². The van der Waals surface area contributed by atoms with Gasteiger partial charge in [-0.3, -0.25) is 4.79 Å². The molecule has 0 saturated carbocycles. The SMILES string of the molecule is CCCN(C(C)=O)C(C)(C(=O)O)c1ccc(F)cc1Br. The molecular weight excluding hydrogens is 329 g/mol. The maximum Gasteiger partial charge on any atom is 0.334 e. The summed E-state index contributed by atoms with van der Waals surface area (Å²) in [5, 5.41) is 9.62. The van der Waals surface area contributed by atoms with E-state index in [2.05, 4.69) is 15.9 Å². The molecule has 0 radical (unpaired) electrons. The van der Waals surface area contributed by atoms with E-state index in [1.807, 2.05) is 6.92 Å². The number of hydrogen-bond acceptors (Lipinski definition) is 2. The number of halogens is 2. The Kier molecular flexibility index (Phi) is 5.28. The summed E-state index contributed by atoms with van der Waals surface area (Å²) >= 11 is 3.18. The second-order valence-corrected chi connectivity index (χ2v) is 5.53. The van der Waals surface area contributed by atoms with Crippen molar-refractivity contribution in [3.8, 4) is 0 Å². The lowest BCUT2D eigenvalue weighted by atomic mass is 9.89. The average molecular weight is 346 g/mol. The molecule has 6 heteroatoms. The Balaban J connectivity index is 3.47. The van der Waals surface area contributed by atoms with Crippen LogP contribution in [0, 0.1) is 5.82 Å². The van der Waals surface area contributed by atoms with Crippen molar-refractivity contribution in [2.75, 3.05) is 6.54 Å². The molecule has 0 saturated heterocycles. The highest BCUT2D eigenvalue weighted by Crippen LogP contribution is 2.34. The molecule has 0 spiro atoms. The number of hydrogen-bond donors (Lipinski definition) is 1. The molecule has 1 rings (SSSR count). The molecule has 0 aliphatic carbocycles. The van der Waals surface area contributed by atoms with Crippen molar-refractivity contribution in [2.24, 2.45) is 0 Å². The number of carbonyl (C=O) groups is 2. The highest BCUT2D eigenvalue weighted by Gasteiger charge is 2.43. The fraction of sp³-hybridized carbons (Fsp3) is 0.429. The predicted molar refractivity (Wildman–Crippen MR) is 76.8 cm³/mol. The summed E-state index contributed by atoms with van der Waals surface area (Å²) in [5.74, 6) is -1.97. The molecule has 1 atom stereocenters. The van der Waals surface area contributed by atoms with Crippen LogP contribution in [0.15, 0.2) is 22.7 Å². The molecule has 1 N–H and O–H groups in total. The first-order valence-electron chi connectivity index (χ1n) is 6.22. The molecule has 1 aromatic carbocycles. The third-order valence-corrected chi connectivity index (χ3v) is 3.90. The van der Waals surface area contributed by atoms with Crippen molar-refractivity contribution in [2.45, 2.75) is 32.7 Å². The number of benzene rings is 1. The van der Waals surface area contributed by atoms with E-state index < -0.39 is 17.3 Å². The van der Waals surface area contributed by atoms with Gasteiger partial charge in [0.1, 0.15) is 5.82 Å². The molecule has 1 aromatic rings. The molecule has 4 nitrogen and oxygen atoms in total. The van der Waals surface area contributed by atoms with E-state index in [1.54, 1.807) is 0 Å². The monoisotopic (exact) mass is 345 g/mol. The smallest absolute Gasteiger partial charge is 0.334 e. The van der Waals surface area contributed by atoms with Gasteiger partial charge in [0, 0.05) is 23.5 Å². The van der Waals surface area contributed by atoms with Crippen molar-refractivity contribution >= 4 is 27.8 Å².